The van der Waals surface area contributed by atoms with E-state index in [0.717, 1.165) is 28.1 Å². The lowest BCUT2D eigenvalue weighted by molar-refractivity contribution is 0.416. The molecule has 2 aromatic carbocycles. The smallest absolute Gasteiger partial charge is 0.156 e. The SMILES string of the molecule is COc1ccc(C)cc1-c1nnn(-c2ccccc2C)c1N. The molecular formula is C17H18N4O. The molecule has 5 nitrogen and oxygen atoms in total. The van der Waals surface area contributed by atoms with Crippen LogP contribution in [0.1, 0.15) is 11.1 Å². The zero-order valence-corrected chi connectivity index (χ0v) is 12.9. The van der Waals surface area contributed by atoms with Gasteiger partial charge in [-0.05, 0) is 37.6 Å². The fourth-order valence-corrected chi connectivity index (χ4v) is 2.47. The summed E-state index contributed by atoms with van der Waals surface area (Å²) in [6, 6.07) is 13.8. The summed E-state index contributed by atoms with van der Waals surface area (Å²) in [5, 5.41) is 8.48. The van der Waals surface area contributed by atoms with E-state index in [0.29, 0.717) is 11.5 Å². The van der Waals surface area contributed by atoms with Crippen molar-refractivity contribution in [1.29, 1.82) is 0 Å². The number of methoxy groups -OCH3 is 1. The molecule has 0 saturated heterocycles. The summed E-state index contributed by atoms with van der Waals surface area (Å²) >= 11 is 0. The highest BCUT2D eigenvalue weighted by Gasteiger charge is 2.17. The Labute approximate surface area is 129 Å². The normalized spacial score (nSPS) is 10.7. The standard InChI is InChI=1S/C17H18N4O/c1-11-8-9-15(22-3)13(10-11)16-17(18)21(20-19-16)14-7-5-4-6-12(14)2/h4-10H,18H2,1-3H3. The van der Waals surface area contributed by atoms with Gasteiger partial charge in [0.15, 0.2) is 5.82 Å². The van der Waals surface area contributed by atoms with Gasteiger partial charge >= 0.3 is 0 Å². The number of hydrogen-bond acceptors (Lipinski definition) is 4. The molecule has 0 aliphatic rings. The third-order valence-electron chi connectivity index (χ3n) is 3.66. The van der Waals surface area contributed by atoms with E-state index in [2.05, 4.69) is 10.3 Å². The minimum atomic E-state index is 0.498. The average molecular weight is 294 g/mol. The molecule has 0 fully saturated rings. The quantitative estimate of drug-likeness (QED) is 0.806. The molecule has 0 radical (unpaired) electrons. The lowest BCUT2D eigenvalue weighted by Gasteiger charge is -2.09. The third-order valence-corrected chi connectivity index (χ3v) is 3.66. The molecule has 0 aliphatic carbocycles. The van der Waals surface area contributed by atoms with Crippen molar-refractivity contribution in [2.75, 3.05) is 12.8 Å². The number of benzene rings is 2. The minimum absolute atomic E-state index is 0.498. The Morgan fingerprint density at radius 1 is 1.09 bits per heavy atom. The van der Waals surface area contributed by atoms with Crippen molar-refractivity contribution in [2.45, 2.75) is 13.8 Å². The van der Waals surface area contributed by atoms with Crippen LogP contribution in [0, 0.1) is 13.8 Å². The molecule has 0 unspecified atom stereocenters. The second kappa shape index (κ2) is 5.52. The van der Waals surface area contributed by atoms with Gasteiger partial charge in [0.05, 0.1) is 12.8 Å². The fourth-order valence-electron chi connectivity index (χ4n) is 2.47. The van der Waals surface area contributed by atoms with Crippen LogP contribution < -0.4 is 10.5 Å². The zero-order valence-electron chi connectivity index (χ0n) is 12.9. The van der Waals surface area contributed by atoms with Crippen LogP contribution >= 0.6 is 0 Å². The first-order valence-electron chi connectivity index (χ1n) is 7.04. The minimum Gasteiger partial charge on any atom is -0.496 e. The Balaban J connectivity index is 2.16. The number of nitrogen functional groups attached to an aromatic ring is 1. The number of hydrogen-bond donors (Lipinski definition) is 1. The summed E-state index contributed by atoms with van der Waals surface area (Å²) < 4.78 is 7.08. The molecule has 112 valence electrons. The lowest BCUT2D eigenvalue weighted by atomic mass is 10.1. The Morgan fingerprint density at radius 2 is 1.86 bits per heavy atom. The molecular weight excluding hydrogens is 276 g/mol. The highest BCUT2D eigenvalue weighted by Crippen LogP contribution is 2.33. The van der Waals surface area contributed by atoms with Crippen molar-refractivity contribution in [1.82, 2.24) is 15.0 Å². The predicted molar refractivity (Wildman–Crippen MR) is 87.2 cm³/mol. The van der Waals surface area contributed by atoms with Crippen LogP contribution in [0.3, 0.4) is 0 Å². The van der Waals surface area contributed by atoms with Crippen LogP contribution in [0.25, 0.3) is 16.9 Å². The number of aryl methyl sites for hydroxylation is 2. The van der Waals surface area contributed by atoms with Crippen LogP contribution in [-0.4, -0.2) is 22.1 Å². The molecule has 1 heterocycles. The van der Waals surface area contributed by atoms with Crippen LogP contribution in [0.2, 0.25) is 0 Å². The van der Waals surface area contributed by atoms with Crippen molar-refractivity contribution >= 4 is 5.82 Å². The van der Waals surface area contributed by atoms with Gasteiger partial charge in [0.1, 0.15) is 11.4 Å². The molecule has 5 heteroatoms. The van der Waals surface area contributed by atoms with Crippen molar-refractivity contribution in [3.63, 3.8) is 0 Å². The number of nitrogens with two attached hydrogens (primary N) is 1. The first-order valence-corrected chi connectivity index (χ1v) is 7.04. The summed E-state index contributed by atoms with van der Waals surface area (Å²) in [5.41, 5.74) is 10.9. The Hall–Kier alpha value is -2.82. The maximum absolute atomic E-state index is 6.29. The number of rotatable bonds is 3. The Morgan fingerprint density at radius 3 is 2.59 bits per heavy atom. The third kappa shape index (κ3) is 2.30. The Bertz CT molecular complexity index is 823. The molecule has 3 rings (SSSR count). The molecule has 0 saturated carbocycles. The van der Waals surface area contributed by atoms with Gasteiger partial charge in [0.25, 0.3) is 0 Å². The molecule has 2 N–H and O–H groups in total. The molecule has 0 spiro atoms. The summed E-state index contributed by atoms with van der Waals surface area (Å²) in [7, 11) is 1.64. The van der Waals surface area contributed by atoms with Crippen LogP contribution in [0.4, 0.5) is 5.82 Å². The van der Waals surface area contributed by atoms with E-state index in [9.17, 15) is 0 Å². The number of anilines is 1. The number of aromatic nitrogens is 3. The number of ether oxygens (including phenoxy) is 1. The van der Waals surface area contributed by atoms with E-state index < -0.39 is 0 Å². The molecule has 0 amide bonds. The summed E-state index contributed by atoms with van der Waals surface area (Å²) in [4.78, 5) is 0. The lowest BCUT2D eigenvalue weighted by Crippen LogP contribution is -2.04. The predicted octanol–water partition coefficient (Wildman–Crippen LogP) is 3.14. The average Bonchev–Trinajstić information content (AvgIpc) is 2.89. The zero-order chi connectivity index (χ0) is 15.7. The van der Waals surface area contributed by atoms with E-state index >= 15 is 0 Å². The van der Waals surface area contributed by atoms with Crippen molar-refractivity contribution in [3.05, 3.63) is 53.6 Å². The molecule has 0 aliphatic heterocycles. The van der Waals surface area contributed by atoms with Crippen molar-refractivity contribution in [3.8, 4) is 22.7 Å². The molecule has 1 aromatic heterocycles. The first kappa shape index (κ1) is 14.1. The molecule has 0 atom stereocenters. The van der Waals surface area contributed by atoms with Crippen LogP contribution in [0.15, 0.2) is 42.5 Å². The van der Waals surface area contributed by atoms with E-state index in [-0.39, 0.29) is 0 Å². The first-order chi connectivity index (χ1) is 10.6. The maximum Gasteiger partial charge on any atom is 0.156 e. The van der Waals surface area contributed by atoms with Gasteiger partial charge < -0.3 is 10.5 Å². The van der Waals surface area contributed by atoms with Crippen LogP contribution in [-0.2, 0) is 0 Å². The topological polar surface area (TPSA) is 66.0 Å². The van der Waals surface area contributed by atoms with E-state index in [1.165, 1.54) is 0 Å². The largest absolute Gasteiger partial charge is 0.496 e. The van der Waals surface area contributed by atoms with Gasteiger partial charge in [-0.15, -0.1) is 5.10 Å². The molecule has 3 aromatic rings. The highest BCUT2D eigenvalue weighted by atomic mass is 16.5. The second-order valence-corrected chi connectivity index (χ2v) is 5.23. The fraction of sp³-hybridized carbons (Fsp3) is 0.176. The van der Waals surface area contributed by atoms with Gasteiger partial charge in [0.2, 0.25) is 0 Å². The number of nitrogens with zero attached hydrogens (tertiary/aromatic N) is 3. The van der Waals surface area contributed by atoms with E-state index in [4.69, 9.17) is 10.5 Å². The van der Waals surface area contributed by atoms with Gasteiger partial charge in [-0.1, -0.05) is 35.0 Å². The summed E-state index contributed by atoms with van der Waals surface area (Å²) in [6.07, 6.45) is 0. The van der Waals surface area contributed by atoms with Gasteiger partial charge in [-0.25, -0.2) is 0 Å². The Kier molecular flexibility index (Phi) is 3.55. The monoisotopic (exact) mass is 294 g/mol. The molecule has 22 heavy (non-hydrogen) atoms. The van der Waals surface area contributed by atoms with E-state index in [1.807, 2.05) is 56.3 Å². The second-order valence-electron chi connectivity index (χ2n) is 5.23. The maximum atomic E-state index is 6.29. The van der Waals surface area contributed by atoms with Crippen molar-refractivity contribution in [2.24, 2.45) is 0 Å². The molecule has 0 bridgehead atoms. The van der Waals surface area contributed by atoms with Gasteiger partial charge in [-0.2, -0.15) is 4.68 Å². The number of para-hydroxylation sites is 1. The van der Waals surface area contributed by atoms with Crippen LogP contribution in [0.5, 0.6) is 5.75 Å². The highest BCUT2D eigenvalue weighted by molar-refractivity contribution is 5.76. The summed E-state index contributed by atoms with van der Waals surface area (Å²) in [6.45, 7) is 4.04. The van der Waals surface area contributed by atoms with E-state index in [1.54, 1.807) is 11.8 Å². The summed E-state index contributed by atoms with van der Waals surface area (Å²) in [5.74, 6) is 1.23. The van der Waals surface area contributed by atoms with Gasteiger partial charge in [-0.3, -0.25) is 0 Å². The van der Waals surface area contributed by atoms with Crippen molar-refractivity contribution < 1.29 is 4.74 Å². The van der Waals surface area contributed by atoms with Gasteiger partial charge in [0, 0.05) is 5.56 Å².